The van der Waals surface area contributed by atoms with Crippen LogP contribution in [0.4, 0.5) is 0 Å². The van der Waals surface area contributed by atoms with Gasteiger partial charge in [0.15, 0.2) is 0 Å². The number of hydrogen-bond donors (Lipinski definition) is 1. The number of sulfonamides is 1. The van der Waals surface area contributed by atoms with Gasteiger partial charge in [-0.3, -0.25) is 4.79 Å². The molecule has 1 saturated heterocycles. The van der Waals surface area contributed by atoms with Gasteiger partial charge in [0.25, 0.3) is 5.91 Å². The van der Waals surface area contributed by atoms with E-state index >= 15 is 0 Å². The highest BCUT2D eigenvalue weighted by atomic mass is 32.2. The lowest BCUT2D eigenvalue weighted by atomic mass is 10.1. The number of nitrogens with one attached hydrogen (secondary N) is 1. The Bertz CT molecular complexity index is 836. The number of carbonyl (C=O) groups is 1. The molecule has 26 heavy (non-hydrogen) atoms. The zero-order valence-electron chi connectivity index (χ0n) is 14.4. The van der Waals surface area contributed by atoms with Crippen molar-refractivity contribution in [1.82, 2.24) is 24.4 Å². The average molecular weight is 379 g/mol. The van der Waals surface area contributed by atoms with Gasteiger partial charge in [-0.15, -0.1) is 0 Å². The summed E-state index contributed by atoms with van der Waals surface area (Å²) in [5.74, 6) is -0.138. The molecular formula is C16H21N5O4S. The first-order valence-corrected chi connectivity index (χ1v) is 10.1. The van der Waals surface area contributed by atoms with Crippen LogP contribution in [0.1, 0.15) is 15.9 Å². The van der Waals surface area contributed by atoms with Gasteiger partial charge in [0.05, 0.1) is 32.1 Å². The number of ether oxygens (including phenoxy) is 1. The summed E-state index contributed by atoms with van der Waals surface area (Å²) in [6, 6.07) is 6.95. The first-order chi connectivity index (χ1) is 12.4. The Balaban J connectivity index is 1.67. The maximum absolute atomic E-state index is 12.8. The van der Waals surface area contributed by atoms with Crippen LogP contribution in [0.3, 0.4) is 0 Å². The molecule has 0 saturated carbocycles. The second-order valence-electron chi connectivity index (χ2n) is 6.14. The van der Waals surface area contributed by atoms with Crippen molar-refractivity contribution in [2.75, 3.05) is 32.6 Å². The molecule has 1 unspecified atom stereocenters. The van der Waals surface area contributed by atoms with E-state index in [0.29, 0.717) is 31.9 Å². The highest BCUT2D eigenvalue weighted by Crippen LogP contribution is 2.14. The van der Waals surface area contributed by atoms with Crippen molar-refractivity contribution < 1.29 is 17.9 Å². The van der Waals surface area contributed by atoms with E-state index in [2.05, 4.69) is 14.8 Å². The minimum absolute atomic E-state index is 0.134. The molecule has 1 amide bonds. The number of nitrogens with zero attached hydrogens (tertiary/aromatic N) is 4. The summed E-state index contributed by atoms with van der Waals surface area (Å²) in [5.41, 5.74) is 1.56. The summed E-state index contributed by atoms with van der Waals surface area (Å²) in [6.07, 6.45) is 4.20. The molecular weight excluding hydrogens is 358 g/mol. The molecule has 0 bridgehead atoms. The normalized spacial score (nSPS) is 18.0. The maximum Gasteiger partial charge on any atom is 0.254 e. The summed E-state index contributed by atoms with van der Waals surface area (Å²) in [4.78, 5) is 18.4. The smallest absolute Gasteiger partial charge is 0.254 e. The summed E-state index contributed by atoms with van der Waals surface area (Å²) in [6.45, 7) is 1.88. The Morgan fingerprint density at radius 2 is 2.12 bits per heavy atom. The van der Waals surface area contributed by atoms with E-state index in [-0.39, 0.29) is 18.5 Å². The van der Waals surface area contributed by atoms with Gasteiger partial charge in [-0.1, -0.05) is 12.1 Å². The molecule has 10 heteroatoms. The number of aromatic nitrogens is 3. The maximum atomic E-state index is 12.8. The standard InChI is InChI=1S/C16H21N5O4S/c1-26(23,24)19-8-15-10-25-7-6-21(15)16(22)14-4-2-13(3-5-14)9-20-12-17-11-18-20/h2-5,11-12,15,19H,6-10H2,1H3. The van der Waals surface area contributed by atoms with E-state index in [0.717, 1.165) is 11.8 Å². The van der Waals surface area contributed by atoms with Crippen LogP contribution < -0.4 is 4.72 Å². The molecule has 2 heterocycles. The van der Waals surface area contributed by atoms with Crippen molar-refractivity contribution in [2.45, 2.75) is 12.6 Å². The topological polar surface area (TPSA) is 106 Å². The Kier molecular flexibility index (Phi) is 5.64. The van der Waals surface area contributed by atoms with Crippen LogP contribution in [-0.2, 0) is 21.3 Å². The minimum atomic E-state index is -3.32. The van der Waals surface area contributed by atoms with Crippen molar-refractivity contribution in [3.8, 4) is 0 Å². The summed E-state index contributed by atoms with van der Waals surface area (Å²) < 4.78 is 32.2. The van der Waals surface area contributed by atoms with Gasteiger partial charge in [0.1, 0.15) is 12.7 Å². The third-order valence-electron chi connectivity index (χ3n) is 4.08. The second-order valence-corrected chi connectivity index (χ2v) is 7.97. The predicted molar refractivity (Wildman–Crippen MR) is 94.1 cm³/mol. The van der Waals surface area contributed by atoms with Crippen molar-refractivity contribution in [1.29, 1.82) is 0 Å². The molecule has 1 aromatic heterocycles. The third-order valence-corrected chi connectivity index (χ3v) is 4.77. The zero-order valence-corrected chi connectivity index (χ0v) is 15.2. The Morgan fingerprint density at radius 1 is 1.35 bits per heavy atom. The molecule has 0 radical (unpaired) electrons. The molecule has 2 aromatic rings. The number of morpholine rings is 1. The van der Waals surface area contributed by atoms with E-state index in [9.17, 15) is 13.2 Å². The van der Waals surface area contributed by atoms with Crippen LogP contribution in [0, 0.1) is 0 Å². The lowest BCUT2D eigenvalue weighted by Crippen LogP contribution is -2.53. The molecule has 3 rings (SSSR count). The van der Waals surface area contributed by atoms with Crippen molar-refractivity contribution >= 4 is 15.9 Å². The molecule has 0 spiro atoms. The Morgan fingerprint density at radius 3 is 2.77 bits per heavy atom. The number of rotatable bonds is 6. The van der Waals surface area contributed by atoms with Crippen LogP contribution >= 0.6 is 0 Å². The predicted octanol–water partition coefficient (Wildman–Crippen LogP) is -0.283. The molecule has 9 nitrogen and oxygen atoms in total. The lowest BCUT2D eigenvalue weighted by molar-refractivity contribution is -0.000111. The minimum Gasteiger partial charge on any atom is -0.377 e. The van der Waals surface area contributed by atoms with Gasteiger partial charge >= 0.3 is 0 Å². The summed E-state index contributed by atoms with van der Waals surface area (Å²) in [5, 5.41) is 4.05. The van der Waals surface area contributed by atoms with Gasteiger partial charge < -0.3 is 9.64 Å². The molecule has 0 aliphatic carbocycles. The molecule has 1 aliphatic rings. The average Bonchev–Trinajstić information content (AvgIpc) is 3.13. The number of benzene rings is 1. The first-order valence-electron chi connectivity index (χ1n) is 8.17. The molecule has 1 fully saturated rings. The quantitative estimate of drug-likeness (QED) is 0.740. The van der Waals surface area contributed by atoms with Gasteiger partial charge in [-0.2, -0.15) is 5.10 Å². The van der Waals surface area contributed by atoms with Gasteiger partial charge in [-0.05, 0) is 17.7 Å². The summed E-state index contributed by atoms with van der Waals surface area (Å²) in [7, 11) is -3.32. The second kappa shape index (κ2) is 7.94. The van der Waals surface area contributed by atoms with Gasteiger partial charge in [0.2, 0.25) is 10.0 Å². The van der Waals surface area contributed by atoms with Gasteiger partial charge in [0, 0.05) is 18.7 Å². The largest absolute Gasteiger partial charge is 0.377 e. The van der Waals surface area contributed by atoms with E-state index < -0.39 is 10.0 Å². The fourth-order valence-electron chi connectivity index (χ4n) is 2.76. The van der Waals surface area contributed by atoms with Crippen LogP contribution in [0.25, 0.3) is 0 Å². The highest BCUT2D eigenvalue weighted by Gasteiger charge is 2.28. The fourth-order valence-corrected chi connectivity index (χ4v) is 3.25. The monoisotopic (exact) mass is 379 g/mol. The van der Waals surface area contributed by atoms with Crippen molar-refractivity contribution in [3.63, 3.8) is 0 Å². The van der Waals surface area contributed by atoms with Gasteiger partial charge in [-0.25, -0.2) is 22.8 Å². The molecule has 1 atom stereocenters. The molecule has 1 aliphatic heterocycles. The van der Waals surface area contributed by atoms with Crippen LogP contribution in [0.15, 0.2) is 36.9 Å². The van der Waals surface area contributed by atoms with E-state index in [4.69, 9.17) is 4.74 Å². The highest BCUT2D eigenvalue weighted by molar-refractivity contribution is 7.88. The van der Waals surface area contributed by atoms with E-state index in [1.807, 2.05) is 12.1 Å². The molecule has 140 valence electrons. The SMILES string of the molecule is CS(=O)(=O)NCC1COCCN1C(=O)c1ccc(Cn2cncn2)cc1. The first kappa shape index (κ1) is 18.5. The third kappa shape index (κ3) is 4.87. The molecule has 1 aromatic carbocycles. The molecule has 1 N–H and O–H groups in total. The van der Waals surface area contributed by atoms with E-state index in [1.54, 1.807) is 28.0 Å². The van der Waals surface area contributed by atoms with E-state index in [1.165, 1.54) is 6.33 Å². The number of amides is 1. The number of hydrogen-bond acceptors (Lipinski definition) is 6. The van der Waals surface area contributed by atoms with Crippen molar-refractivity contribution in [2.24, 2.45) is 0 Å². The Labute approximate surface area is 152 Å². The number of carbonyl (C=O) groups excluding carboxylic acids is 1. The van der Waals surface area contributed by atoms with Crippen LogP contribution in [0.2, 0.25) is 0 Å². The fraction of sp³-hybridized carbons (Fsp3) is 0.438. The lowest BCUT2D eigenvalue weighted by Gasteiger charge is -2.35. The summed E-state index contributed by atoms with van der Waals surface area (Å²) >= 11 is 0. The Hall–Kier alpha value is -2.30. The van der Waals surface area contributed by atoms with Crippen molar-refractivity contribution in [3.05, 3.63) is 48.0 Å². The zero-order chi connectivity index (χ0) is 18.6. The van der Waals surface area contributed by atoms with Crippen LogP contribution in [0.5, 0.6) is 0 Å². The van der Waals surface area contributed by atoms with Crippen LogP contribution in [-0.4, -0.2) is 72.6 Å².